The van der Waals surface area contributed by atoms with E-state index in [2.05, 4.69) is 40.1 Å². The average Bonchev–Trinajstić information content (AvgIpc) is 3.16. The molecule has 4 rings (SSSR count). The molecule has 140 valence electrons. The molecule has 27 heavy (non-hydrogen) atoms. The highest BCUT2D eigenvalue weighted by Gasteiger charge is 2.22. The molecule has 0 amide bonds. The summed E-state index contributed by atoms with van der Waals surface area (Å²) in [4.78, 5) is 14.5. The van der Waals surface area contributed by atoms with Crippen LogP contribution in [-0.4, -0.2) is 54.4 Å². The summed E-state index contributed by atoms with van der Waals surface area (Å²) in [5.74, 6) is 1.94. The minimum Gasteiger partial charge on any atom is -0.378 e. The van der Waals surface area contributed by atoms with Crippen molar-refractivity contribution in [1.82, 2.24) is 9.80 Å². The predicted molar refractivity (Wildman–Crippen MR) is 109 cm³/mol. The number of likely N-dealkylation sites (tertiary alicyclic amines) is 1. The van der Waals surface area contributed by atoms with Gasteiger partial charge in [0.1, 0.15) is 5.84 Å². The van der Waals surface area contributed by atoms with Crippen LogP contribution < -0.4 is 0 Å². The Balaban J connectivity index is 1.59. The Morgan fingerprint density at radius 2 is 1.59 bits per heavy atom. The minimum absolute atomic E-state index is 0.729. The summed E-state index contributed by atoms with van der Waals surface area (Å²) in [6.45, 7) is 5.08. The number of amidine groups is 1. The van der Waals surface area contributed by atoms with Crippen LogP contribution in [0.25, 0.3) is 0 Å². The van der Waals surface area contributed by atoms with Crippen LogP contribution >= 0.6 is 0 Å². The van der Waals surface area contributed by atoms with Crippen LogP contribution in [0.3, 0.4) is 0 Å². The van der Waals surface area contributed by atoms with Gasteiger partial charge in [0.2, 0.25) is 5.96 Å². The second-order valence-corrected chi connectivity index (χ2v) is 6.89. The summed E-state index contributed by atoms with van der Waals surface area (Å²) in [6, 6.07) is 20.7. The van der Waals surface area contributed by atoms with E-state index in [4.69, 9.17) is 14.7 Å². The van der Waals surface area contributed by atoms with E-state index in [9.17, 15) is 0 Å². The van der Waals surface area contributed by atoms with Crippen molar-refractivity contribution in [2.75, 3.05) is 32.8 Å². The van der Waals surface area contributed by atoms with Crippen molar-refractivity contribution < 1.29 is 4.74 Å². The van der Waals surface area contributed by atoms with Crippen molar-refractivity contribution in [2.24, 2.45) is 9.98 Å². The number of aliphatic imine (C=N–C) groups is 2. The Morgan fingerprint density at radius 1 is 0.889 bits per heavy atom. The van der Waals surface area contributed by atoms with Crippen molar-refractivity contribution in [2.45, 2.75) is 19.4 Å². The Bertz CT molecular complexity index is 782. The zero-order valence-corrected chi connectivity index (χ0v) is 15.6. The standard InChI is InChI=1S/C22H26N4O/c1-3-8-19(9-4-1)18-26-13-7-12-21(26)24-22(25-14-16-27-17-15-25)23-20-10-5-2-6-11-20/h1-6,8-11H,7,12-18H2. The second-order valence-electron chi connectivity index (χ2n) is 6.89. The van der Waals surface area contributed by atoms with E-state index in [1.165, 1.54) is 5.56 Å². The molecule has 0 aliphatic carbocycles. The Labute approximate surface area is 161 Å². The lowest BCUT2D eigenvalue weighted by Crippen LogP contribution is -2.41. The summed E-state index contributed by atoms with van der Waals surface area (Å²) < 4.78 is 5.51. The third-order valence-electron chi connectivity index (χ3n) is 4.92. The molecule has 0 aromatic heterocycles. The number of guanidine groups is 1. The van der Waals surface area contributed by atoms with Crippen molar-refractivity contribution >= 4 is 17.5 Å². The summed E-state index contributed by atoms with van der Waals surface area (Å²) >= 11 is 0. The molecule has 5 heteroatoms. The lowest BCUT2D eigenvalue weighted by atomic mass is 10.2. The van der Waals surface area contributed by atoms with E-state index >= 15 is 0 Å². The molecule has 0 saturated carbocycles. The summed E-state index contributed by atoms with van der Waals surface area (Å²) in [5, 5.41) is 0. The van der Waals surface area contributed by atoms with Gasteiger partial charge >= 0.3 is 0 Å². The van der Waals surface area contributed by atoms with E-state index in [-0.39, 0.29) is 0 Å². The molecule has 2 fully saturated rings. The SMILES string of the molecule is c1ccc(CN2CCCC2=NC(=Nc2ccccc2)N2CCOCC2)cc1. The van der Waals surface area contributed by atoms with E-state index in [0.717, 1.165) is 69.7 Å². The second kappa shape index (κ2) is 8.82. The normalized spacial score (nSPS) is 19.7. The fourth-order valence-corrected chi connectivity index (χ4v) is 3.48. The largest absolute Gasteiger partial charge is 0.378 e. The monoisotopic (exact) mass is 362 g/mol. The van der Waals surface area contributed by atoms with Crippen molar-refractivity contribution in [3.05, 3.63) is 66.2 Å². The molecule has 0 atom stereocenters. The Hall–Kier alpha value is -2.66. The molecule has 2 aromatic rings. The fraction of sp³-hybridized carbons (Fsp3) is 0.364. The van der Waals surface area contributed by atoms with Gasteiger partial charge < -0.3 is 14.5 Å². The third-order valence-corrected chi connectivity index (χ3v) is 4.92. The first-order valence-electron chi connectivity index (χ1n) is 9.71. The van der Waals surface area contributed by atoms with Crippen molar-refractivity contribution in [3.8, 4) is 0 Å². The smallest absolute Gasteiger partial charge is 0.227 e. The maximum absolute atomic E-state index is 5.51. The van der Waals surface area contributed by atoms with Crippen LogP contribution in [0.15, 0.2) is 70.6 Å². The molecule has 2 saturated heterocycles. The highest BCUT2D eigenvalue weighted by Crippen LogP contribution is 2.18. The molecule has 0 bridgehead atoms. The number of hydrogen-bond donors (Lipinski definition) is 0. The van der Waals surface area contributed by atoms with Crippen LogP contribution in [0.5, 0.6) is 0 Å². The number of rotatable bonds is 3. The van der Waals surface area contributed by atoms with Crippen molar-refractivity contribution in [1.29, 1.82) is 0 Å². The number of morpholine rings is 1. The number of para-hydroxylation sites is 1. The summed E-state index contributed by atoms with van der Waals surface area (Å²) in [6.07, 6.45) is 2.15. The van der Waals surface area contributed by atoms with Crippen LogP contribution in [-0.2, 0) is 11.3 Å². The van der Waals surface area contributed by atoms with Crippen LogP contribution in [0.1, 0.15) is 18.4 Å². The molecular formula is C22H26N4O. The summed E-state index contributed by atoms with van der Waals surface area (Å²) in [5.41, 5.74) is 2.26. The van der Waals surface area contributed by atoms with E-state index in [0.29, 0.717) is 0 Å². The van der Waals surface area contributed by atoms with Crippen LogP contribution in [0.4, 0.5) is 5.69 Å². The molecule has 2 heterocycles. The summed E-state index contributed by atoms with van der Waals surface area (Å²) in [7, 11) is 0. The maximum Gasteiger partial charge on any atom is 0.227 e. The van der Waals surface area contributed by atoms with Gasteiger partial charge in [-0.05, 0) is 24.1 Å². The Morgan fingerprint density at radius 3 is 2.33 bits per heavy atom. The van der Waals surface area contributed by atoms with Gasteiger partial charge in [0.05, 0.1) is 18.9 Å². The van der Waals surface area contributed by atoms with Gasteiger partial charge in [0.25, 0.3) is 0 Å². The molecule has 2 aliphatic heterocycles. The highest BCUT2D eigenvalue weighted by atomic mass is 16.5. The highest BCUT2D eigenvalue weighted by molar-refractivity contribution is 5.97. The van der Waals surface area contributed by atoms with Gasteiger partial charge in [-0.1, -0.05) is 48.5 Å². The van der Waals surface area contributed by atoms with Crippen LogP contribution in [0.2, 0.25) is 0 Å². The maximum atomic E-state index is 5.51. The van der Waals surface area contributed by atoms with Gasteiger partial charge in [0.15, 0.2) is 0 Å². The lowest BCUT2D eigenvalue weighted by Gasteiger charge is -2.28. The number of hydrogen-bond acceptors (Lipinski definition) is 2. The van der Waals surface area contributed by atoms with Gasteiger partial charge in [-0.3, -0.25) is 0 Å². The molecule has 0 radical (unpaired) electrons. The Kier molecular flexibility index (Phi) is 5.80. The van der Waals surface area contributed by atoms with Gasteiger partial charge in [-0.25, -0.2) is 4.99 Å². The van der Waals surface area contributed by atoms with Crippen molar-refractivity contribution in [3.63, 3.8) is 0 Å². The van der Waals surface area contributed by atoms with Gasteiger partial charge in [0, 0.05) is 32.6 Å². The first-order valence-corrected chi connectivity index (χ1v) is 9.71. The quantitative estimate of drug-likeness (QED) is 0.617. The predicted octanol–water partition coefficient (Wildman–Crippen LogP) is 3.70. The first kappa shape index (κ1) is 17.7. The number of ether oxygens (including phenoxy) is 1. The first-order chi connectivity index (χ1) is 13.4. The van der Waals surface area contributed by atoms with Gasteiger partial charge in [-0.15, -0.1) is 0 Å². The fourth-order valence-electron chi connectivity index (χ4n) is 3.48. The van der Waals surface area contributed by atoms with Crippen LogP contribution in [0, 0.1) is 0 Å². The zero-order chi connectivity index (χ0) is 18.3. The number of benzene rings is 2. The third kappa shape index (κ3) is 4.74. The van der Waals surface area contributed by atoms with E-state index in [1.807, 2.05) is 30.3 Å². The minimum atomic E-state index is 0.729. The zero-order valence-electron chi connectivity index (χ0n) is 15.6. The lowest BCUT2D eigenvalue weighted by molar-refractivity contribution is 0.0676. The van der Waals surface area contributed by atoms with Gasteiger partial charge in [-0.2, -0.15) is 4.99 Å². The van der Waals surface area contributed by atoms with E-state index < -0.39 is 0 Å². The molecule has 2 aliphatic rings. The molecule has 0 spiro atoms. The topological polar surface area (TPSA) is 40.4 Å². The average molecular weight is 362 g/mol. The number of nitrogens with zero attached hydrogens (tertiary/aromatic N) is 4. The molecule has 0 N–H and O–H groups in total. The molecule has 2 aromatic carbocycles. The molecular weight excluding hydrogens is 336 g/mol. The molecule has 5 nitrogen and oxygen atoms in total. The molecule has 0 unspecified atom stereocenters. The van der Waals surface area contributed by atoms with E-state index in [1.54, 1.807) is 0 Å².